The molecule has 0 heterocycles. The Morgan fingerprint density at radius 3 is 1.59 bits per heavy atom. The van der Waals surface area contributed by atoms with E-state index in [0.717, 1.165) is 30.3 Å². The minimum Gasteiger partial charge on any atom is -0.744 e. The van der Waals surface area contributed by atoms with E-state index in [-0.39, 0.29) is 140 Å². The van der Waals surface area contributed by atoms with Crippen LogP contribution in [-0.2, 0) is 57.9 Å². The van der Waals surface area contributed by atoms with Crippen LogP contribution < -0.4 is 105 Å². The summed E-state index contributed by atoms with van der Waals surface area (Å²) in [5, 5.41) is 28.1. The third-order valence-corrected chi connectivity index (χ3v) is 10.7. The Morgan fingerprint density at radius 1 is 0.667 bits per heavy atom. The first-order valence-corrected chi connectivity index (χ1v) is 19.1. The number of azo groups is 2. The molecule has 0 atom stereocenters. The van der Waals surface area contributed by atoms with Gasteiger partial charge in [0.25, 0.3) is 0 Å². The van der Waals surface area contributed by atoms with Crippen molar-refractivity contribution in [1.82, 2.24) is 0 Å². The van der Waals surface area contributed by atoms with E-state index in [1.54, 1.807) is 0 Å². The van der Waals surface area contributed by atoms with Gasteiger partial charge in [0.05, 0.1) is 62.2 Å². The summed E-state index contributed by atoms with van der Waals surface area (Å²) < 4.78 is 129. The van der Waals surface area contributed by atoms with Crippen molar-refractivity contribution in [2.24, 2.45) is 20.5 Å². The van der Waals surface area contributed by atoms with Gasteiger partial charge in [0.15, 0.2) is 32.0 Å². The van der Waals surface area contributed by atoms with Crippen LogP contribution >= 0.6 is 12.3 Å². The number of anilines is 2. The van der Waals surface area contributed by atoms with Crippen molar-refractivity contribution < 1.29 is 154 Å². The Bertz CT molecular complexity index is 2130. The number of benzene rings is 3. The van der Waals surface area contributed by atoms with E-state index in [1.165, 1.54) is 24.3 Å². The van der Waals surface area contributed by atoms with Gasteiger partial charge in [0.1, 0.15) is 21.5 Å². The average Bonchev–Trinajstić information content (AvgIpc) is 2.99. The van der Waals surface area contributed by atoms with Crippen molar-refractivity contribution in [3.8, 4) is 0 Å². The molecule has 262 valence electrons. The van der Waals surface area contributed by atoms with Crippen LogP contribution in [0, 0.1) is 0 Å². The molecule has 0 radical (unpaired) electrons. The van der Waals surface area contributed by atoms with E-state index in [2.05, 4.69) is 34.0 Å². The third kappa shape index (κ3) is 15.9. The first-order valence-electron chi connectivity index (χ1n) is 12.4. The molecule has 29 heteroatoms. The quantitative estimate of drug-likeness (QED) is 0.0147. The molecule has 0 aliphatic rings. The zero-order chi connectivity index (χ0) is 35.8. The van der Waals surface area contributed by atoms with Gasteiger partial charge in [-0.2, -0.15) is 10.2 Å². The van der Waals surface area contributed by atoms with Crippen molar-refractivity contribution in [3.05, 3.63) is 54.6 Å². The van der Waals surface area contributed by atoms with Crippen LogP contribution in [0.2, 0.25) is 0 Å². The topological polar surface area (TPSA) is 344 Å². The van der Waals surface area contributed by atoms with Crippen molar-refractivity contribution in [2.45, 2.75) is 14.7 Å². The molecule has 0 saturated heterocycles. The van der Waals surface area contributed by atoms with Crippen LogP contribution in [-0.4, -0.2) is 67.5 Å². The molecule has 0 aromatic heterocycles. The smallest absolute Gasteiger partial charge is 0.744 e. The van der Waals surface area contributed by atoms with Crippen LogP contribution in [0.15, 0.2) is 89.7 Å². The number of rotatable bonds is 17. The zero-order valence-electron chi connectivity index (χ0n) is 26.6. The van der Waals surface area contributed by atoms with E-state index >= 15 is 0 Å². The maximum atomic E-state index is 12.4. The summed E-state index contributed by atoms with van der Waals surface area (Å²) in [7, 11) is -18.2. The second-order valence-electron chi connectivity index (χ2n) is 8.81. The Morgan fingerprint density at radius 2 is 1.14 bits per heavy atom. The Labute approximate surface area is 362 Å². The summed E-state index contributed by atoms with van der Waals surface area (Å²) in [5.41, 5.74) is 10.1. The molecular weight excluding hydrogens is 818 g/mol. The van der Waals surface area contributed by atoms with Gasteiger partial charge in [-0.05, 0) is 54.6 Å². The normalized spacial score (nSPS) is 12.3. The van der Waals surface area contributed by atoms with Crippen molar-refractivity contribution in [2.75, 3.05) is 36.2 Å². The van der Waals surface area contributed by atoms with Crippen molar-refractivity contribution in [1.29, 1.82) is 0 Å². The van der Waals surface area contributed by atoms with E-state index < -0.39 is 74.6 Å². The summed E-state index contributed by atoms with van der Waals surface area (Å²) in [5.74, 6) is -1.31. The predicted octanol–water partition coefficient (Wildman–Crippen LogP) is -7.57. The SMILES string of the molecule is Nc1c(N=Nc2ccc(S(=O)(=O)CCOSOO[O-])cc2)cc(S(=O)(=O)[O-])c(N)c1N=Nc1ccc(S(=O)(=O)CCOS(=O)(=O)[O-])cc1.[Na+].[Na+].[Na+]. The van der Waals surface area contributed by atoms with Gasteiger partial charge in [-0.1, -0.05) is 0 Å². The van der Waals surface area contributed by atoms with Gasteiger partial charge in [-0.3, -0.25) is 13.4 Å². The molecule has 0 spiro atoms. The monoisotopic (exact) mass is 838 g/mol. The molecular formula is C22H21N6Na3O15S5. The first-order chi connectivity index (χ1) is 22.3. The molecule has 21 nitrogen and oxygen atoms in total. The number of nitrogens with two attached hydrogens (primary N) is 2. The summed E-state index contributed by atoms with van der Waals surface area (Å²) >= 11 is 0.147. The largest absolute Gasteiger partial charge is 1.00 e. The summed E-state index contributed by atoms with van der Waals surface area (Å²) in [4.78, 5) is -1.37. The van der Waals surface area contributed by atoms with Crippen LogP contribution in [0.5, 0.6) is 0 Å². The molecule has 0 unspecified atom stereocenters. The number of sulfone groups is 2. The molecule has 4 N–H and O–H groups in total. The second kappa shape index (κ2) is 22.0. The van der Waals surface area contributed by atoms with Gasteiger partial charge in [0.2, 0.25) is 10.4 Å². The van der Waals surface area contributed by atoms with Gasteiger partial charge in [0, 0.05) is 0 Å². The molecule has 3 rings (SSSR count). The summed E-state index contributed by atoms with van der Waals surface area (Å²) in [6.45, 7) is -1.25. The molecule has 3 aromatic rings. The molecule has 51 heavy (non-hydrogen) atoms. The van der Waals surface area contributed by atoms with Crippen molar-refractivity contribution in [3.63, 3.8) is 0 Å². The molecule has 0 fully saturated rings. The van der Waals surface area contributed by atoms with Crippen LogP contribution in [0.1, 0.15) is 0 Å². The van der Waals surface area contributed by atoms with Crippen LogP contribution in [0.3, 0.4) is 0 Å². The molecule has 0 bridgehead atoms. The number of hydrogen-bond donors (Lipinski definition) is 2. The van der Waals surface area contributed by atoms with E-state index in [9.17, 15) is 48.0 Å². The Kier molecular flexibility index (Phi) is 21.7. The van der Waals surface area contributed by atoms with Gasteiger partial charge in [-0.25, -0.2) is 33.7 Å². The van der Waals surface area contributed by atoms with Crippen LogP contribution in [0.25, 0.3) is 0 Å². The Hall–Kier alpha value is -0.670. The second-order valence-corrected chi connectivity index (χ2v) is 15.9. The van der Waals surface area contributed by atoms with Crippen LogP contribution in [0.4, 0.5) is 34.1 Å². The minimum absolute atomic E-state index is 0. The average molecular weight is 839 g/mol. The Balaban J connectivity index is 0.00000833. The summed E-state index contributed by atoms with van der Waals surface area (Å²) in [6, 6.07) is 10.1. The maximum Gasteiger partial charge on any atom is 1.00 e. The molecule has 0 aliphatic heterocycles. The molecule has 0 saturated carbocycles. The minimum atomic E-state index is -5.21. The molecule has 0 amide bonds. The summed E-state index contributed by atoms with van der Waals surface area (Å²) in [6.07, 6.45) is 0. The predicted molar refractivity (Wildman–Crippen MR) is 160 cm³/mol. The van der Waals surface area contributed by atoms with Gasteiger partial charge < -0.3 is 25.8 Å². The van der Waals surface area contributed by atoms with Gasteiger partial charge >= 0.3 is 88.7 Å². The number of hydrogen-bond acceptors (Lipinski definition) is 22. The number of nitrogen functional groups attached to an aromatic ring is 2. The standard InChI is InChI=1S/C22H24N6O15S5.3Na/c23-20-18(27-25-14-1-5-16(6-2-14)45(30,31)11-9-40-44-43-42-29)13-19(47(34,35)36)21(24)22(20)28-26-15-3-7-17(8-4-15)46(32,33)12-10-41-48(37,38)39;;;/h1-8,13,29H,9-12,23-24H2,(H,34,35,36)(H,37,38,39);;;/q;3*+1/p-3. The maximum absolute atomic E-state index is 12.4. The first kappa shape index (κ1) is 50.3. The molecule has 0 aliphatic carbocycles. The van der Waals surface area contributed by atoms with Gasteiger partial charge in [-0.15, -0.1) is 14.6 Å². The fourth-order valence-corrected chi connectivity index (χ4v) is 6.92. The van der Waals surface area contributed by atoms with Crippen molar-refractivity contribution >= 4 is 86.6 Å². The zero-order valence-corrected chi connectivity index (χ0v) is 36.7. The van der Waals surface area contributed by atoms with E-state index in [0.29, 0.717) is 0 Å². The fourth-order valence-electron chi connectivity index (χ4n) is 3.41. The fraction of sp³-hybridized carbons (Fsp3) is 0.182. The molecule has 3 aromatic carbocycles. The third-order valence-electron chi connectivity index (χ3n) is 5.64. The van der Waals surface area contributed by atoms with E-state index in [4.69, 9.17) is 15.7 Å². The number of nitrogens with zero attached hydrogens (tertiary/aromatic N) is 4. The van der Waals surface area contributed by atoms with E-state index in [1.807, 2.05) is 0 Å².